The maximum absolute atomic E-state index is 13.3. The second-order valence-electron chi connectivity index (χ2n) is 4.86. The predicted octanol–water partition coefficient (Wildman–Crippen LogP) is 2.44. The molecular formula is C14H15FN2OS. The van der Waals surface area contributed by atoms with Gasteiger partial charge in [-0.25, -0.2) is 4.39 Å². The van der Waals surface area contributed by atoms with Crippen LogP contribution in [0.2, 0.25) is 0 Å². The predicted molar refractivity (Wildman–Crippen MR) is 75.3 cm³/mol. The Morgan fingerprint density at radius 1 is 1.53 bits per heavy atom. The third-order valence-corrected chi connectivity index (χ3v) is 4.77. The van der Waals surface area contributed by atoms with Crippen molar-refractivity contribution >= 4 is 27.3 Å². The van der Waals surface area contributed by atoms with E-state index >= 15 is 0 Å². The smallest absolute Gasteiger partial charge is 0.261 e. The number of benzene rings is 1. The van der Waals surface area contributed by atoms with Crippen molar-refractivity contribution in [3.05, 3.63) is 34.5 Å². The number of aryl methyl sites for hydroxylation is 1. The summed E-state index contributed by atoms with van der Waals surface area (Å²) in [6.45, 7) is 3.64. The van der Waals surface area contributed by atoms with E-state index in [0.29, 0.717) is 4.88 Å². The van der Waals surface area contributed by atoms with Crippen LogP contribution in [0.15, 0.2) is 18.2 Å². The summed E-state index contributed by atoms with van der Waals surface area (Å²) in [6.07, 6.45) is 0.963. The highest BCUT2D eigenvalue weighted by Crippen LogP contribution is 2.31. The monoisotopic (exact) mass is 278 g/mol. The number of fused-ring (bicyclic) bond motifs is 1. The van der Waals surface area contributed by atoms with Crippen LogP contribution in [0.25, 0.3) is 10.1 Å². The fourth-order valence-electron chi connectivity index (χ4n) is 2.44. The van der Waals surface area contributed by atoms with Crippen molar-refractivity contribution in [1.82, 2.24) is 10.6 Å². The minimum atomic E-state index is -0.264. The molecule has 0 aliphatic carbocycles. The van der Waals surface area contributed by atoms with Gasteiger partial charge in [-0.05, 0) is 49.0 Å². The maximum Gasteiger partial charge on any atom is 0.261 e. The van der Waals surface area contributed by atoms with Gasteiger partial charge in [-0.1, -0.05) is 0 Å². The molecule has 1 aliphatic heterocycles. The van der Waals surface area contributed by atoms with Crippen molar-refractivity contribution in [2.45, 2.75) is 19.4 Å². The van der Waals surface area contributed by atoms with Crippen LogP contribution in [0.5, 0.6) is 0 Å². The first-order valence-corrected chi connectivity index (χ1v) is 7.17. The molecule has 0 radical (unpaired) electrons. The standard InChI is InChI=1S/C14H15FN2OS/c1-8-11-6-9(15)2-3-12(11)19-13(8)14(18)17-10-4-5-16-7-10/h2-3,6,10,16H,4-5,7H2,1H3,(H,17,18). The van der Waals surface area contributed by atoms with Gasteiger partial charge in [-0.15, -0.1) is 11.3 Å². The molecule has 1 aromatic carbocycles. The molecule has 2 heterocycles. The van der Waals surface area contributed by atoms with Crippen LogP contribution in [-0.2, 0) is 0 Å². The minimum Gasteiger partial charge on any atom is -0.347 e. The molecule has 1 fully saturated rings. The summed E-state index contributed by atoms with van der Waals surface area (Å²) in [4.78, 5) is 12.9. The Kier molecular flexibility index (Phi) is 3.24. The quantitative estimate of drug-likeness (QED) is 0.886. The molecule has 1 atom stereocenters. The first-order chi connectivity index (χ1) is 9.15. The number of hydrogen-bond acceptors (Lipinski definition) is 3. The Bertz CT molecular complexity index is 632. The molecule has 3 nitrogen and oxygen atoms in total. The zero-order valence-corrected chi connectivity index (χ0v) is 11.4. The number of carbonyl (C=O) groups excluding carboxylic acids is 1. The first-order valence-electron chi connectivity index (χ1n) is 6.35. The molecule has 0 bridgehead atoms. The molecule has 19 heavy (non-hydrogen) atoms. The van der Waals surface area contributed by atoms with Gasteiger partial charge in [0, 0.05) is 17.3 Å². The number of halogens is 1. The number of carbonyl (C=O) groups is 1. The average molecular weight is 278 g/mol. The molecule has 2 N–H and O–H groups in total. The molecule has 1 unspecified atom stereocenters. The molecule has 0 spiro atoms. The number of thiophene rings is 1. The van der Waals surface area contributed by atoms with Crippen LogP contribution in [0, 0.1) is 12.7 Å². The largest absolute Gasteiger partial charge is 0.347 e. The maximum atomic E-state index is 13.3. The van der Waals surface area contributed by atoms with E-state index in [1.54, 1.807) is 6.07 Å². The molecule has 1 saturated heterocycles. The zero-order chi connectivity index (χ0) is 13.4. The molecular weight excluding hydrogens is 263 g/mol. The van der Waals surface area contributed by atoms with Gasteiger partial charge in [0.05, 0.1) is 4.88 Å². The van der Waals surface area contributed by atoms with Crippen molar-refractivity contribution in [2.75, 3.05) is 13.1 Å². The Hall–Kier alpha value is -1.46. The summed E-state index contributed by atoms with van der Waals surface area (Å²) in [6, 6.07) is 4.86. The summed E-state index contributed by atoms with van der Waals surface area (Å²) >= 11 is 1.42. The lowest BCUT2D eigenvalue weighted by molar-refractivity contribution is 0.0943. The third kappa shape index (κ3) is 2.35. The van der Waals surface area contributed by atoms with E-state index in [0.717, 1.165) is 35.2 Å². The SMILES string of the molecule is Cc1c(C(=O)NC2CCNC2)sc2ccc(F)cc12. The van der Waals surface area contributed by atoms with Crippen LogP contribution in [0.3, 0.4) is 0 Å². The lowest BCUT2D eigenvalue weighted by Crippen LogP contribution is -2.36. The van der Waals surface area contributed by atoms with Gasteiger partial charge in [-0.3, -0.25) is 4.79 Å². The van der Waals surface area contributed by atoms with Crippen LogP contribution in [0.1, 0.15) is 21.7 Å². The summed E-state index contributed by atoms with van der Waals surface area (Å²) in [5.74, 6) is -0.312. The van der Waals surface area contributed by atoms with Gasteiger partial charge >= 0.3 is 0 Å². The third-order valence-electron chi connectivity index (χ3n) is 3.50. The lowest BCUT2D eigenvalue weighted by atomic mass is 10.1. The van der Waals surface area contributed by atoms with Gasteiger partial charge in [-0.2, -0.15) is 0 Å². The summed E-state index contributed by atoms with van der Waals surface area (Å²) in [5, 5.41) is 7.08. The summed E-state index contributed by atoms with van der Waals surface area (Å²) in [7, 11) is 0. The van der Waals surface area contributed by atoms with Crippen molar-refractivity contribution < 1.29 is 9.18 Å². The van der Waals surface area contributed by atoms with Crippen LogP contribution in [-0.4, -0.2) is 25.0 Å². The molecule has 1 aromatic heterocycles. The van der Waals surface area contributed by atoms with E-state index in [-0.39, 0.29) is 17.8 Å². The van der Waals surface area contributed by atoms with E-state index < -0.39 is 0 Å². The summed E-state index contributed by atoms with van der Waals surface area (Å²) in [5.41, 5.74) is 0.864. The van der Waals surface area contributed by atoms with Gasteiger partial charge in [0.2, 0.25) is 0 Å². The fourth-order valence-corrected chi connectivity index (χ4v) is 3.53. The molecule has 1 amide bonds. The van der Waals surface area contributed by atoms with E-state index in [2.05, 4.69) is 10.6 Å². The highest BCUT2D eigenvalue weighted by molar-refractivity contribution is 7.21. The second kappa shape index (κ2) is 4.90. The van der Waals surface area contributed by atoms with Crippen molar-refractivity contribution in [3.8, 4) is 0 Å². The van der Waals surface area contributed by atoms with Gasteiger partial charge in [0.1, 0.15) is 5.82 Å². The fraction of sp³-hybridized carbons (Fsp3) is 0.357. The van der Waals surface area contributed by atoms with Crippen molar-refractivity contribution in [1.29, 1.82) is 0 Å². The molecule has 2 aromatic rings. The van der Waals surface area contributed by atoms with E-state index in [1.165, 1.54) is 23.5 Å². The first kappa shape index (κ1) is 12.6. The Balaban J connectivity index is 1.91. The lowest BCUT2D eigenvalue weighted by Gasteiger charge is -2.10. The highest BCUT2D eigenvalue weighted by atomic mass is 32.1. The Labute approximate surface area is 114 Å². The molecule has 100 valence electrons. The topological polar surface area (TPSA) is 41.1 Å². The Morgan fingerprint density at radius 2 is 2.37 bits per heavy atom. The molecule has 0 saturated carbocycles. The van der Waals surface area contributed by atoms with Crippen molar-refractivity contribution in [3.63, 3.8) is 0 Å². The Morgan fingerprint density at radius 3 is 3.11 bits per heavy atom. The van der Waals surface area contributed by atoms with E-state index in [9.17, 15) is 9.18 Å². The molecule has 3 rings (SSSR count). The van der Waals surface area contributed by atoms with E-state index in [4.69, 9.17) is 0 Å². The van der Waals surface area contributed by atoms with Gasteiger partial charge < -0.3 is 10.6 Å². The van der Waals surface area contributed by atoms with E-state index in [1.807, 2.05) is 6.92 Å². The highest BCUT2D eigenvalue weighted by Gasteiger charge is 2.21. The van der Waals surface area contributed by atoms with Crippen LogP contribution < -0.4 is 10.6 Å². The summed E-state index contributed by atoms with van der Waals surface area (Å²) < 4.78 is 14.2. The van der Waals surface area contributed by atoms with Crippen LogP contribution in [0.4, 0.5) is 4.39 Å². The molecule has 5 heteroatoms. The number of hydrogen-bond donors (Lipinski definition) is 2. The van der Waals surface area contributed by atoms with Crippen molar-refractivity contribution in [2.24, 2.45) is 0 Å². The minimum absolute atomic E-state index is 0.0483. The zero-order valence-electron chi connectivity index (χ0n) is 10.6. The van der Waals surface area contributed by atoms with Gasteiger partial charge in [0.25, 0.3) is 5.91 Å². The number of rotatable bonds is 2. The average Bonchev–Trinajstić information content (AvgIpc) is 2.98. The van der Waals surface area contributed by atoms with Gasteiger partial charge in [0.15, 0.2) is 0 Å². The van der Waals surface area contributed by atoms with Crippen LogP contribution >= 0.6 is 11.3 Å². The number of amides is 1. The second-order valence-corrected chi connectivity index (χ2v) is 5.91. The normalized spacial score (nSPS) is 18.9. The molecule has 1 aliphatic rings. The number of nitrogens with one attached hydrogen (secondary N) is 2.